The molecule has 4 aromatic rings. The number of halogens is 2. The quantitative estimate of drug-likeness (QED) is 0.333. The molecule has 0 bridgehead atoms. The Kier molecular flexibility index (Phi) is 5.63. The van der Waals surface area contributed by atoms with Gasteiger partial charge in [0.05, 0.1) is 6.54 Å². The highest BCUT2D eigenvalue weighted by Gasteiger charge is 2.38. The molecule has 0 saturated heterocycles. The Bertz CT molecular complexity index is 1220. The number of aryl methyl sites for hydroxylation is 1. The van der Waals surface area contributed by atoms with Gasteiger partial charge in [0.25, 0.3) is 5.89 Å². The van der Waals surface area contributed by atoms with Crippen molar-refractivity contribution in [3.63, 3.8) is 0 Å². The Hall–Kier alpha value is -3.06. The summed E-state index contributed by atoms with van der Waals surface area (Å²) in [7, 11) is 0. The molecule has 0 atom stereocenters. The zero-order chi connectivity index (χ0) is 23.1. The van der Waals surface area contributed by atoms with Gasteiger partial charge in [0.1, 0.15) is 10.8 Å². The van der Waals surface area contributed by atoms with E-state index in [9.17, 15) is 4.39 Å². The Balaban J connectivity index is 1.55. The first-order valence-corrected chi connectivity index (χ1v) is 10.7. The molecular formula is C24H25ClFN5O. The van der Waals surface area contributed by atoms with Crippen LogP contribution in [-0.4, -0.2) is 30.6 Å². The molecule has 4 rings (SSSR count). The summed E-state index contributed by atoms with van der Waals surface area (Å²) in [6.07, 6.45) is 1.73. The average molecular weight is 454 g/mol. The third-order valence-electron chi connectivity index (χ3n) is 6.10. The van der Waals surface area contributed by atoms with Gasteiger partial charge in [-0.2, -0.15) is 10.1 Å². The first kappa shape index (κ1) is 22.1. The van der Waals surface area contributed by atoms with E-state index in [1.165, 1.54) is 0 Å². The number of aromatic nitrogens is 5. The fraction of sp³-hybridized carbons (Fsp3) is 0.333. The first-order valence-electron chi connectivity index (χ1n) is 10.3. The maximum atomic E-state index is 14.6. The summed E-state index contributed by atoms with van der Waals surface area (Å²) in [6.45, 7) is 9.50. The number of alkyl halides is 1. The third-order valence-corrected chi connectivity index (χ3v) is 6.32. The fourth-order valence-corrected chi connectivity index (χ4v) is 3.38. The van der Waals surface area contributed by atoms with E-state index in [1.807, 2.05) is 61.9 Å². The summed E-state index contributed by atoms with van der Waals surface area (Å²) in [4.78, 5) is 8.61. The second-order valence-corrected chi connectivity index (χ2v) is 9.30. The highest BCUT2D eigenvalue weighted by molar-refractivity contribution is 6.29. The van der Waals surface area contributed by atoms with Gasteiger partial charge >= 0.3 is 0 Å². The summed E-state index contributed by atoms with van der Waals surface area (Å²) in [5.41, 5.74) is 2.25. The normalized spacial score (nSPS) is 12.3. The molecule has 1 aromatic carbocycles. The van der Waals surface area contributed by atoms with E-state index in [-0.39, 0.29) is 0 Å². The molecule has 0 N–H and O–H groups in total. The number of hydrogen-bond donors (Lipinski definition) is 0. The van der Waals surface area contributed by atoms with Gasteiger partial charge in [-0.25, -0.2) is 9.37 Å². The van der Waals surface area contributed by atoms with Crippen LogP contribution in [0.15, 0.2) is 53.2 Å². The molecule has 3 aromatic heterocycles. The van der Waals surface area contributed by atoms with Gasteiger partial charge in [-0.1, -0.05) is 60.9 Å². The van der Waals surface area contributed by atoms with Gasteiger partial charge in [-0.05, 0) is 44.0 Å². The van der Waals surface area contributed by atoms with Crippen molar-refractivity contribution in [1.82, 2.24) is 24.9 Å². The number of nitrogens with zero attached hydrogens (tertiary/aromatic N) is 5. The Morgan fingerprint density at radius 2 is 1.78 bits per heavy atom. The molecule has 0 aliphatic heterocycles. The van der Waals surface area contributed by atoms with Crippen molar-refractivity contribution in [1.29, 1.82) is 0 Å². The standard InChI is InChI=1S/C24H25ClFN5O/c1-15-12-19(29-31(15)14-16-6-11-20(25)27-13-16)22-28-21(30-32-22)17-7-9-18(10-8-17)23(2,3)24(4,5)26/h6-13H,14H2,1-5H3. The van der Waals surface area contributed by atoms with Gasteiger partial charge < -0.3 is 4.52 Å². The summed E-state index contributed by atoms with van der Waals surface area (Å²) in [5, 5.41) is 9.15. The van der Waals surface area contributed by atoms with E-state index >= 15 is 0 Å². The van der Waals surface area contributed by atoms with Crippen molar-refractivity contribution < 1.29 is 8.91 Å². The number of benzene rings is 1. The van der Waals surface area contributed by atoms with E-state index in [2.05, 4.69) is 20.2 Å². The van der Waals surface area contributed by atoms with Crippen molar-refractivity contribution in [2.45, 2.75) is 52.2 Å². The minimum absolute atomic E-state index is 0.338. The second-order valence-electron chi connectivity index (χ2n) is 8.92. The number of pyridine rings is 1. The molecule has 8 heteroatoms. The summed E-state index contributed by atoms with van der Waals surface area (Å²) < 4.78 is 21.9. The molecule has 0 spiro atoms. The summed E-state index contributed by atoms with van der Waals surface area (Å²) in [5.74, 6) is 0.795. The maximum absolute atomic E-state index is 14.6. The van der Waals surface area contributed by atoms with Crippen LogP contribution in [0.2, 0.25) is 5.15 Å². The Morgan fingerprint density at radius 1 is 1.06 bits per heavy atom. The van der Waals surface area contributed by atoms with Crippen LogP contribution in [0.25, 0.3) is 23.0 Å². The third kappa shape index (κ3) is 4.30. The van der Waals surface area contributed by atoms with Crippen LogP contribution in [0.1, 0.15) is 44.5 Å². The number of hydrogen-bond acceptors (Lipinski definition) is 5. The van der Waals surface area contributed by atoms with Crippen molar-refractivity contribution >= 4 is 11.6 Å². The lowest BCUT2D eigenvalue weighted by Crippen LogP contribution is -2.38. The highest BCUT2D eigenvalue weighted by atomic mass is 35.5. The van der Waals surface area contributed by atoms with E-state index < -0.39 is 11.1 Å². The first-order chi connectivity index (χ1) is 15.0. The molecule has 6 nitrogen and oxygen atoms in total. The average Bonchev–Trinajstić information content (AvgIpc) is 3.36. The SMILES string of the molecule is Cc1cc(-c2nc(-c3ccc(C(C)(C)C(C)(C)F)cc3)no2)nn1Cc1ccc(Cl)nc1. The largest absolute Gasteiger partial charge is 0.332 e. The van der Waals surface area contributed by atoms with E-state index in [0.29, 0.717) is 29.1 Å². The zero-order valence-electron chi connectivity index (χ0n) is 18.7. The van der Waals surface area contributed by atoms with Crippen molar-refractivity contribution in [3.05, 3.63) is 70.6 Å². The molecule has 0 fully saturated rings. The van der Waals surface area contributed by atoms with Crippen molar-refractivity contribution in [2.24, 2.45) is 0 Å². The van der Waals surface area contributed by atoms with Crippen LogP contribution in [0, 0.1) is 6.92 Å². The van der Waals surface area contributed by atoms with Crippen LogP contribution in [0.5, 0.6) is 0 Å². The zero-order valence-corrected chi connectivity index (χ0v) is 19.5. The lowest BCUT2D eigenvalue weighted by molar-refractivity contribution is 0.114. The minimum Gasteiger partial charge on any atom is -0.332 e. The summed E-state index contributed by atoms with van der Waals surface area (Å²) >= 11 is 5.86. The fourth-order valence-electron chi connectivity index (χ4n) is 3.27. The molecule has 3 heterocycles. The molecule has 32 heavy (non-hydrogen) atoms. The lowest BCUT2D eigenvalue weighted by atomic mass is 9.73. The van der Waals surface area contributed by atoms with E-state index in [0.717, 1.165) is 22.4 Å². The molecule has 0 unspecified atom stereocenters. The van der Waals surface area contributed by atoms with Gasteiger partial charge in [-0.15, -0.1) is 0 Å². The van der Waals surface area contributed by atoms with Crippen LogP contribution in [0.4, 0.5) is 4.39 Å². The van der Waals surface area contributed by atoms with Gasteiger partial charge in [0, 0.05) is 22.9 Å². The van der Waals surface area contributed by atoms with Gasteiger partial charge in [0.2, 0.25) is 5.82 Å². The van der Waals surface area contributed by atoms with Crippen LogP contribution >= 0.6 is 11.6 Å². The Labute approximate surface area is 191 Å². The summed E-state index contributed by atoms with van der Waals surface area (Å²) in [6, 6.07) is 13.1. The van der Waals surface area contributed by atoms with Crippen molar-refractivity contribution in [3.8, 4) is 23.0 Å². The Morgan fingerprint density at radius 3 is 2.41 bits per heavy atom. The topological polar surface area (TPSA) is 69.6 Å². The van der Waals surface area contributed by atoms with E-state index in [1.54, 1.807) is 26.1 Å². The smallest absolute Gasteiger partial charge is 0.278 e. The predicted octanol–water partition coefficient (Wildman–Crippen LogP) is 6.03. The lowest BCUT2D eigenvalue weighted by Gasteiger charge is -2.35. The van der Waals surface area contributed by atoms with Crippen LogP contribution in [-0.2, 0) is 12.0 Å². The molecule has 0 amide bonds. The van der Waals surface area contributed by atoms with Crippen LogP contribution < -0.4 is 0 Å². The van der Waals surface area contributed by atoms with Gasteiger partial charge in [-0.3, -0.25) is 4.68 Å². The molecule has 0 aliphatic carbocycles. The second kappa shape index (κ2) is 8.13. The molecule has 166 valence electrons. The molecule has 0 aliphatic rings. The monoisotopic (exact) mass is 453 g/mol. The van der Waals surface area contributed by atoms with Crippen molar-refractivity contribution in [2.75, 3.05) is 0 Å². The maximum Gasteiger partial charge on any atom is 0.278 e. The minimum atomic E-state index is -1.35. The number of rotatable bonds is 6. The van der Waals surface area contributed by atoms with E-state index in [4.69, 9.17) is 16.1 Å². The molecule has 0 saturated carbocycles. The predicted molar refractivity (Wildman–Crippen MR) is 122 cm³/mol. The van der Waals surface area contributed by atoms with Crippen LogP contribution in [0.3, 0.4) is 0 Å². The highest BCUT2D eigenvalue weighted by Crippen LogP contribution is 2.38. The molecular weight excluding hydrogens is 429 g/mol. The van der Waals surface area contributed by atoms with Gasteiger partial charge in [0.15, 0.2) is 5.69 Å². The molecule has 0 radical (unpaired) electrons.